The number of rotatable bonds is 3. The second-order valence-corrected chi connectivity index (χ2v) is 4.14. The number of thiocarbonyl (C=S) groups is 1. The van der Waals surface area contributed by atoms with Crippen molar-refractivity contribution in [2.45, 2.75) is 19.4 Å². The molecule has 1 unspecified atom stereocenters. The molecule has 1 aliphatic heterocycles. The number of piperazine rings is 1. The fourth-order valence-corrected chi connectivity index (χ4v) is 2.09. The van der Waals surface area contributed by atoms with E-state index in [0.717, 1.165) is 32.6 Å². The van der Waals surface area contributed by atoms with Gasteiger partial charge in [-0.05, 0) is 13.5 Å². The normalized spacial score (nSPS) is 22.9. The van der Waals surface area contributed by atoms with Gasteiger partial charge in [0, 0.05) is 26.2 Å². The first-order valence-electron chi connectivity index (χ1n) is 4.87. The van der Waals surface area contributed by atoms with Crippen LogP contribution in [0.3, 0.4) is 0 Å². The largest absolute Gasteiger partial charge is 0.392 e. The van der Waals surface area contributed by atoms with E-state index in [0.29, 0.717) is 11.0 Å². The van der Waals surface area contributed by atoms with Gasteiger partial charge < -0.3 is 10.6 Å². The Labute approximate surface area is 85.9 Å². The van der Waals surface area contributed by atoms with Gasteiger partial charge in [-0.1, -0.05) is 19.1 Å². The third-order valence-electron chi connectivity index (χ3n) is 2.69. The summed E-state index contributed by atoms with van der Waals surface area (Å²) in [6.07, 6.45) is 1.03. The smallest absolute Gasteiger partial charge is 0.0901 e. The maximum Gasteiger partial charge on any atom is 0.0901 e. The molecule has 3 nitrogen and oxygen atoms in total. The van der Waals surface area contributed by atoms with Crippen LogP contribution in [0, 0.1) is 0 Å². The van der Waals surface area contributed by atoms with Crippen LogP contribution in [-0.4, -0.2) is 54.1 Å². The van der Waals surface area contributed by atoms with E-state index in [4.69, 9.17) is 18.0 Å². The molecule has 0 radical (unpaired) electrons. The topological polar surface area (TPSA) is 32.5 Å². The summed E-state index contributed by atoms with van der Waals surface area (Å²) < 4.78 is 0. The van der Waals surface area contributed by atoms with Crippen LogP contribution in [0.1, 0.15) is 13.3 Å². The summed E-state index contributed by atoms with van der Waals surface area (Å²) in [7, 11) is 2.15. The summed E-state index contributed by atoms with van der Waals surface area (Å²) >= 11 is 5.05. The second kappa shape index (κ2) is 4.88. The second-order valence-electron chi connectivity index (χ2n) is 3.67. The average Bonchev–Trinajstić information content (AvgIpc) is 2.09. The molecule has 0 aliphatic carbocycles. The van der Waals surface area contributed by atoms with Crippen molar-refractivity contribution in [3.63, 3.8) is 0 Å². The van der Waals surface area contributed by atoms with Gasteiger partial charge in [-0.3, -0.25) is 4.90 Å². The molecule has 0 aromatic rings. The zero-order valence-electron chi connectivity index (χ0n) is 8.49. The summed E-state index contributed by atoms with van der Waals surface area (Å²) in [6.45, 7) is 6.57. The summed E-state index contributed by atoms with van der Waals surface area (Å²) in [4.78, 5) is 5.37. The Morgan fingerprint density at radius 3 is 2.31 bits per heavy atom. The molecule has 13 heavy (non-hydrogen) atoms. The summed E-state index contributed by atoms with van der Waals surface area (Å²) in [5.74, 6) is 0. The van der Waals surface area contributed by atoms with Crippen molar-refractivity contribution in [2.24, 2.45) is 5.73 Å². The molecular formula is C9H19N3S. The Bertz CT molecular complexity index is 176. The third kappa shape index (κ3) is 2.90. The van der Waals surface area contributed by atoms with Gasteiger partial charge in [-0.2, -0.15) is 0 Å². The van der Waals surface area contributed by atoms with E-state index in [-0.39, 0.29) is 0 Å². The van der Waals surface area contributed by atoms with Crippen molar-refractivity contribution in [3.05, 3.63) is 0 Å². The van der Waals surface area contributed by atoms with Gasteiger partial charge in [-0.15, -0.1) is 0 Å². The Morgan fingerprint density at radius 1 is 1.38 bits per heavy atom. The van der Waals surface area contributed by atoms with E-state index < -0.39 is 0 Å². The first-order valence-corrected chi connectivity index (χ1v) is 5.28. The Balaban J connectivity index is 2.46. The predicted molar refractivity (Wildman–Crippen MR) is 59.9 cm³/mol. The molecule has 0 aromatic heterocycles. The van der Waals surface area contributed by atoms with Crippen molar-refractivity contribution < 1.29 is 0 Å². The summed E-state index contributed by atoms with van der Waals surface area (Å²) in [5, 5.41) is 0. The summed E-state index contributed by atoms with van der Waals surface area (Å²) in [6, 6.07) is 0.309. The Morgan fingerprint density at radius 2 is 1.92 bits per heavy atom. The minimum Gasteiger partial charge on any atom is -0.392 e. The van der Waals surface area contributed by atoms with Crippen molar-refractivity contribution in [1.29, 1.82) is 0 Å². The van der Waals surface area contributed by atoms with E-state index in [1.807, 2.05) is 0 Å². The van der Waals surface area contributed by atoms with E-state index in [2.05, 4.69) is 23.8 Å². The first kappa shape index (κ1) is 10.9. The minimum absolute atomic E-state index is 0.309. The van der Waals surface area contributed by atoms with Gasteiger partial charge in [0.2, 0.25) is 0 Å². The van der Waals surface area contributed by atoms with Crippen LogP contribution < -0.4 is 5.73 Å². The SMILES string of the molecule is CCC(C(N)=S)N1CCN(C)CC1. The van der Waals surface area contributed by atoms with Crippen LogP contribution in [0.15, 0.2) is 0 Å². The molecule has 2 N–H and O–H groups in total. The van der Waals surface area contributed by atoms with Crippen LogP contribution >= 0.6 is 12.2 Å². The lowest BCUT2D eigenvalue weighted by Crippen LogP contribution is -2.52. The van der Waals surface area contributed by atoms with Gasteiger partial charge >= 0.3 is 0 Å². The van der Waals surface area contributed by atoms with Crippen molar-refractivity contribution in [3.8, 4) is 0 Å². The standard InChI is InChI=1S/C9H19N3S/c1-3-8(9(10)13)12-6-4-11(2)5-7-12/h8H,3-7H2,1-2H3,(H2,10,13). The molecule has 76 valence electrons. The van der Waals surface area contributed by atoms with Crippen LogP contribution in [0.4, 0.5) is 0 Å². The highest BCUT2D eigenvalue weighted by Gasteiger charge is 2.22. The predicted octanol–water partition coefficient (Wildman–Crippen LogP) is 0.298. The quantitative estimate of drug-likeness (QED) is 0.666. The van der Waals surface area contributed by atoms with Crippen molar-refractivity contribution in [1.82, 2.24) is 9.80 Å². The average molecular weight is 201 g/mol. The highest BCUT2D eigenvalue weighted by molar-refractivity contribution is 7.80. The van der Waals surface area contributed by atoms with Gasteiger partial charge in [0.1, 0.15) is 0 Å². The maximum absolute atomic E-state index is 5.69. The molecule has 0 aromatic carbocycles. The summed E-state index contributed by atoms with van der Waals surface area (Å²) in [5.41, 5.74) is 5.69. The lowest BCUT2D eigenvalue weighted by Gasteiger charge is -2.37. The monoisotopic (exact) mass is 201 g/mol. The molecule has 1 heterocycles. The molecule has 1 fully saturated rings. The van der Waals surface area contributed by atoms with Crippen LogP contribution in [0.2, 0.25) is 0 Å². The zero-order valence-corrected chi connectivity index (χ0v) is 9.31. The molecule has 4 heteroatoms. The number of hydrogen-bond donors (Lipinski definition) is 1. The molecule has 1 aliphatic rings. The molecule has 1 atom stereocenters. The Kier molecular flexibility index (Phi) is 4.09. The van der Waals surface area contributed by atoms with E-state index in [1.165, 1.54) is 0 Å². The van der Waals surface area contributed by atoms with Gasteiger partial charge in [0.15, 0.2) is 0 Å². The number of nitrogens with zero attached hydrogens (tertiary/aromatic N) is 2. The van der Waals surface area contributed by atoms with Gasteiger partial charge in [-0.25, -0.2) is 0 Å². The van der Waals surface area contributed by atoms with Crippen molar-refractivity contribution >= 4 is 17.2 Å². The first-order chi connectivity index (χ1) is 6.15. The van der Waals surface area contributed by atoms with E-state index >= 15 is 0 Å². The molecule has 0 bridgehead atoms. The highest BCUT2D eigenvalue weighted by Crippen LogP contribution is 2.08. The lowest BCUT2D eigenvalue weighted by atomic mass is 10.1. The van der Waals surface area contributed by atoms with Crippen molar-refractivity contribution in [2.75, 3.05) is 33.2 Å². The molecule has 0 amide bonds. The number of hydrogen-bond acceptors (Lipinski definition) is 3. The fraction of sp³-hybridized carbons (Fsp3) is 0.889. The zero-order chi connectivity index (χ0) is 9.84. The van der Waals surface area contributed by atoms with E-state index in [1.54, 1.807) is 0 Å². The molecular weight excluding hydrogens is 182 g/mol. The lowest BCUT2D eigenvalue weighted by molar-refractivity contribution is 0.135. The molecule has 1 saturated heterocycles. The molecule has 0 saturated carbocycles. The van der Waals surface area contributed by atoms with E-state index in [9.17, 15) is 0 Å². The van der Waals surface area contributed by atoms with Crippen LogP contribution in [0.25, 0.3) is 0 Å². The van der Waals surface area contributed by atoms with Crippen LogP contribution in [0.5, 0.6) is 0 Å². The van der Waals surface area contributed by atoms with Gasteiger partial charge in [0.05, 0.1) is 11.0 Å². The number of nitrogens with two attached hydrogens (primary N) is 1. The number of likely N-dealkylation sites (N-methyl/N-ethyl adjacent to an activating group) is 1. The highest BCUT2D eigenvalue weighted by atomic mass is 32.1. The third-order valence-corrected chi connectivity index (χ3v) is 2.97. The van der Waals surface area contributed by atoms with Crippen LogP contribution in [-0.2, 0) is 0 Å². The molecule has 1 rings (SSSR count). The minimum atomic E-state index is 0.309. The Hall–Kier alpha value is -0.190. The fourth-order valence-electron chi connectivity index (χ4n) is 1.77. The molecule has 0 spiro atoms. The maximum atomic E-state index is 5.69. The van der Waals surface area contributed by atoms with Gasteiger partial charge in [0.25, 0.3) is 0 Å².